The third-order valence-electron chi connectivity index (χ3n) is 7.58. The Morgan fingerprint density at radius 1 is 1.20 bits per heavy atom. The Hall–Kier alpha value is -4.10. The molecule has 2 saturated heterocycles. The molecule has 2 atom stereocenters. The molecule has 2 fully saturated rings. The van der Waals surface area contributed by atoms with Gasteiger partial charge >= 0.3 is 15.8 Å². The first-order chi connectivity index (χ1) is 19.3. The van der Waals surface area contributed by atoms with Crippen LogP contribution in [0, 0.1) is 12.7 Å². The topological polar surface area (TPSA) is 111 Å². The van der Waals surface area contributed by atoms with Crippen molar-refractivity contribution >= 4 is 49.7 Å². The number of pyridine rings is 1. The average molecular weight is 577 g/mol. The van der Waals surface area contributed by atoms with Gasteiger partial charge in [0.2, 0.25) is 5.88 Å². The normalized spacial score (nSPS) is 22.0. The standard InChI is InChI=1S/C28H31FN7O4Si/c1-16-13-35-14-17(11-19(29)24(35)31-16)32-25(37)18-7-8-20(23-22(18)33-21(39-6)12-30-23)34-10-9-28(15-34)36(5,41-28)26(38)40-27(2,3)4/h7-8,11-14H,9-10,15H2,1-6H3,(H,32,37)/q+1. The van der Waals surface area contributed by atoms with E-state index in [-0.39, 0.29) is 38.2 Å². The number of amides is 2. The third kappa shape index (κ3) is 4.58. The van der Waals surface area contributed by atoms with Gasteiger partial charge in [0.25, 0.3) is 5.91 Å². The van der Waals surface area contributed by atoms with Crippen molar-refractivity contribution in [3.05, 3.63) is 53.9 Å². The highest BCUT2D eigenvalue weighted by molar-refractivity contribution is 6.45. The van der Waals surface area contributed by atoms with E-state index in [1.807, 2.05) is 33.9 Å². The van der Waals surface area contributed by atoms with E-state index in [2.05, 4.69) is 25.2 Å². The Kier molecular flexibility index (Phi) is 6.08. The summed E-state index contributed by atoms with van der Waals surface area (Å²) in [7, 11) is 3.83. The second-order valence-electron chi connectivity index (χ2n) is 11.7. The number of benzene rings is 1. The van der Waals surface area contributed by atoms with Crippen LogP contribution in [0.5, 0.6) is 5.88 Å². The molecule has 3 aromatic heterocycles. The number of carbonyl (C=O) groups excluding carboxylic acids is 2. The highest BCUT2D eigenvalue weighted by atomic mass is 28.2. The number of imidazole rings is 1. The van der Waals surface area contributed by atoms with E-state index in [1.54, 1.807) is 25.4 Å². The maximum absolute atomic E-state index is 14.6. The summed E-state index contributed by atoms with van der Waals surface area (Å²) >= 11 is 0. The number of aryl methyl sites for hydroxylation is 1. The zero-order chi connectivity index (χ0) is 29.3. The van der Waals surface area contributed by atoms with Crippen LogP contribution in [0.15, 0.2) is 36.8 Å². The van der Waals surface area contributed by atoms with Crippen LogP contribution < -0.4 is 15.0 Å². The molecule has 2 aliphatic rings. The van der Waals surface area contributed by atoms with Gasteiger partial charge < -0.3 is 24.1 Å². The first kappa shape index (κ1) is 27.1. The van der Waals surface area contributed by atoms with Gasteiger partial charge in [-0.2, -0.15) is 4.79 Å². The van der Waals surface area contributed by atoms with E-state index in [9.17, 15) is 14.0 Å². The first-order valence-corrected chi connectivity index (χ1v) is 14.2. The minimum absolute atomic E-state index is 0.187. The van der Waals surface area contributed by atoms with Gasteiger partial charge in [0, 0.05) is 31.4 Å². The van der Waals surface area contributed by atoms with Crippen LogP contribution in [0.2, 0.25) is 0 Å². The largest absolute Gasteiger partial charge is 0.498 e. The smallest absolute Gasteiger partial charge is 0.480 e. The van der Waals surface area contributed by atoms with Gasteiger partial charge in [-0.15, -0.1) is 0 Å². The zero-order valence-electron chi connectivity index (χ0n) is 23.8. The van der Waals surface area contributed by atoms with Crippen molar-refractivity contribution < 1.29 is 27.6 Å². The summed E-state index contributed by atoms with van der Waals surface area (Å²) in [5.41, 5.74) is 2.57. The number of methoxy groups -OCH3 is 1. The molecule has 0 aliphatic carbocycles. The van der Waals surface area contributed by atoms with E-state index in [1.165, 1.54) is 23.8 Å². The molecule has 6 rings (SSSR count). The van der Waals surface area contributed by atoms with Crippen molar-refractivity contribution in [2.75, 3.05) is 37.5 Å². The van der Waals surface area contributed by atoms with Gasteiger partial charge in [-0.25, -0.2) is 19.3 Å². The van der Waals surface area contributed by atoms with Gasteiger partial charge in [0.05, 0.1) is 49.5 Å². The van der Waals surface area contributed by atoms with Crippen LogP contribution in [0.4, 0.5) is 20.6 Å². The van der Waals surface area contributed by atoms with Gasteiger partial charge in [-0.3, -0.25) is 8.94 Å². The number of quaternary nitrogens is 1. The van der Waals surface area contributed by atoms with Crippen molar-refractivity contribution in [3.8, 4) is 5.88 Å². The lowest BCUT2D eigenvalue weighted by Gasteiger charge is -2.25. The van der Waals surface area contributed by atoms with E-state index in [4.69, 9.17) is 9.47 Å². The first-order valence-electron chi connectivity index (χ1n) is 13.3. The predicted molar refractivity (Wildman–Crippen MR) is 152 cm³/mol. The fraction of sp³-hybridized carbons (Fsp3) is 0.393. The number of likely N-dealkylation sites (N-methyl/N-ethyl adjacent to an activating group) is 1. The summed E-state index contributed by atoms with van der Waals surface area (Å²) in [5, 5.41) is 2.57. The van der Waals surface area contributed by atoms with Crippen molar-refractivity contribution in [2.45, 2.75) is 44.9 Å². The number of ether oxygens (including phenoxy) is 2. The fourth-order valence-corrected chi connectivity index (χ4v) is 7.15. The van der Waals surface area contributed by atoms with Gasteiger partial charge in [-0.05, 0) is 39.8 Å². The van der Waals surface area contributed by atoms with E-state index in [0.29, 0.717) is 33.0 Å². The third-order valence-corrected chi connectivity index (χ3v) is 9.70. The van der Waals surface area contributed by atoms with E-state index < -0.39 is 17.3 Å². The molecular formula is C28H31FN7O4Si+. The Bertz CT molecular complexity index is 1740. The number of aromatic nitrogens is 4. The molecule has 2 radical (unpaired) electrons. The van der Waals surface area contributed by atoms with Crippen molar-refractivity contribution in [1.82, 2.24) is 19.4 Å². The van der Waals surface area contributed by atoms with Crippen molar-refractivity contribution in [1.29, 1.82) is 0 Å². The second-order valence-corrected chi connectivity index (χ2v) is 13.7. The Morgan fingerprint density at radius 2 is 1.98 bits per heavy atom. The number of fused-ring (bicyclic) bond motifs is 2. The SMILES string of the molecule is COc1cnc2c(N3CCC4(C3)[Si][N+]4(C)C(=O)OC(C)(C)C)ccc(C(=O)Nc3cc(F)c4nc(C)cn4c3)c2n1. The predicted octanol–water partition coefficient (Wildman–Crippen LogP) is 3.91. The number of hydrogen-bond donors (Lipinski definition) is 1. The molecule has 0 saturated carbocycles. The number of hydrogen-bond acceptors (Lipinski definition) is 8. The number of nitrogens with zero attached hydrogens (tertiary/aromatic N) is 6. The number of anilines is 2. The summed E-state index contributed by atoms with van der Waals surface area (Å²) in [6, 6.07) is 4.78. The molecule has 2 aliphatic heterocycles. The van der Waals surface area contributed by atoms with Crippen LogP contribution in [0.3, 0.4) is 0 Å². The highest BCUT2D eigenvalue weighted by Crippen LogP contribution is 2.48. The molecule has 2 unspecified atom stereocenters. The minimum atomic E-state index is -0.554. The number of rotatable bonds is 4. The summed E-state index contributed by atoms with van der Waals surface area (Å²) in [6.07, 6.45) is 5.43. The molecule has 5 heterocycles. The number of nitrogens with one attached hydrogen (secondary N) is 1. The Balaban J connectivity index is 1.30. The van der Waals surface area contributed by atoms with Crippen LogP contribution in [-0.4, -0.2) is 83.2 Å². The summed E-state index contributed by atoms with van der Waals surface area (Å²) in [4.78, 5) is 42.0. The molecule has 2 amide bonds. The lowest BCUT2D eigenvalue weighted by atomic mass is 10.1. The summed E-state index contributed by atoms with van der Waals surface area (Å²) < 4.78 is 27.5. The lowest BCUT2D eigenvalue weighted by Crippen LogP contribution is -2.43. The van der Waals surface area contributed by atoms with Crippen LogP contribution in [0.1, 0.15) is 43.2 Å². The number of carbonyl (C=O) groups is 2. The van der Waals surface area contributed by atoms with E-state index >= 15 is 0 Å². The molecule has 0 bridgehead atoms. The Labute approximate surface area is 238 Å². The maximum Gasteiger partial charge on any atom is 0.498 e. The molecule has 1 aromatic carbocycles. The molecule has 4 aromatic rings. The van der Waals surface area contributed by atoms with Gasteiger partial charge in [0.1, 0.15) is 16.6 Å². The van der Waals surface area contributed by atoms with Crippen LogP contribution in [-0.2, 0) is 4.74 Å². The van der Waals surface area contributed by atoms with Crippen LogP contribution in [0.25, 0.3) is 16.7 Å². The van der Waals surface area contributed by atoms with Gasteiger partial charge in [-0.1, -0.05) is 0 Å². The van der Waals surface area contributed by atoms with Crippen LogP contribution >= 0.6 is 0 Å². The number of halogens is 1. The van der Waals surface area contributed by atoms with Crippen molar-refractivity contribution in [3.63, 3.8) is 0 Å². The second kappa shape index (κ2) is 9.21. The van der Waals surface area contributed by atoms with E-state index in [0.717, 1.165) is 18.7 Å². The molecule has 11 nitrogen and oxygen atoms in total. The quantitative estimate of drug-likeness (QED) is 0.288. The Morgan fingerprint density at radius 3 is 2.71 bits per heavy atom. The zero-order valence-corrected chi connectivity index (χ0v) is 24.8. The molecule has 1 spiro atoms. The van der Waals surface area contributed by atoms with Crippen molar-refractivity contribution in [2.24, 2.45) is 0 Å². The summed E-state index contributed by atoms with van der Waals surface area (Å²) in [5.74, 6) is -0.741. The lowest BCUT2D eigenvalue weighted by molar-refractivity contribution is -0.682. The molecule has 212 valence electrons. The van der Waals surface area contributed by atoms with Gasteiger partial charge in [0.15, 0.2) is 16.6 Å². The summed E-state index contributed by atoms with van der Waals surface area (Å²) in [6.45, 7) is 8.78. The minimum Gasteiger partial charge on any atom is -0.480 e. The molecular weight excluding hydrogens is 545 g/mol. The molecule has 1 N–H and O–H groups in total. The molecule has 13 heteroatoms. The monoisotopic (exact) mass is 576 g/mol. The average Bonchev–Trinajstić information content (AvgIpc) is 3.17. The maximum atomic E-state index is 14.6. The highest BCUT2D eigenvalue weighted by Gasteiger charge is 2.78. The molecule has 41 heavy (non-hydrogen) atoms. The fourth-order valence-electron chi connectivity index (χ4n) is 5.47.